The van der Waals surface area contributed by atoms with Crippen LogP contribution in [-0.4, -0.2) is 74.2 Å². The van der Waals surface area contributed by atoms with E-state index in [0.717, 1.165) is 54.9 Å². The lowest BCUT2D eigenvalue weighted by Gasteiger charge is -2.34. The van der Waals surface area contributed by atoms with Crippen LogP contribution in [0.3, 0.4) is 0 Å². The van der Waals surface area contributed by atoms with Crippen LogP contribution in [-0.2, 0) is 11.3 Å². The number of fused-ring (bicyclic) bond motifs is 1. The lowest BCUT2D eigenvalue weighted by Crippen LogP contribution is -2.39. The molecule has 3 aromatic rings. The third-order valence-electron chi connectivity index (χ3n) is 6.51. The van der Waals surface area contributed by atoms with Crippen LogP contribution in [0.1, 0.15) is 25.3 Å². The van der Waals surface area contributed by atoms with Crippen LogP contribution in [0.5, 0.6) is 5.75 Å². The molecule has 0 bridgehead atoms. The summed E-state index contributed by atoms with van der Waals surface area (Å²) in [7, 11) is 5.89. The second-order valence-electron chi connectivity index (χ2n) is 9.37. The van der Waals surface area contributed by atoms with Gasteiger partial charge in [-0.25, -0.2) is 4.98 Å². The van der Waals surface area contributed by atoms with Gasteiger partial charge in [0.1, 0.15) is 11.6 Å². The van der Waals surface area contributed by atoms with E-state index in [2.05, 4.69) is 57.0 Å². The topological polar surface area (TPSA) is 94.6 Å². The monoisotopic (exact) mass is 491 g/mol. The molecule has 9 nitrogen and oxygen atoms in total. The summed E-state index contributed by atoms with van der Waals surface area (Å²) in [6, 6.07) is 14.6. The van der Waals surface area contributed by atoms with Crippen LogP contribution in [0.4, 0.5) is 17.5 Å². The number of aromatic nitrogens is 2. The number of para-hydroxylation sites is 1. The quantitative estimate of drug-likeness (QED) is 0.372. The Balaban J connectivity index is 1.41. The van der Waals surface area contributed by atoms with Gasteiger partial charge in [-0.2, -0.15) is 4.98 Å². The molecule has 1 aliphatic heterocycles. The SMILES string of the molecule is COc1cccc(N(C)C)c1CN1CCC(Nc2nc(NCCNC(C)=O)nc3ccccc23)CC1. The number of rotatable bonds is 10. The van der Waals surface area contributed by atoms with Gasteiger partial charge in [-0.15, -0.1) is 0 Å². The summed E-state index contributed by atoms with van der Waals surface area (Å²) in [4.78, 5) is 25.2. The van der Waals surface area contributed by atoms with Gasteiger partial charge < -0.3 is 25.6 Å². The van der Waals surface area contributed by atoms with Crippen molar-refractivity contribution in [1.29, 1.82) is 0 Å². The van der Waals surface area contributed by atoms with Gasteiger partial charge in [0, 0.05) is 76.4 Å². The Labute approximate surface area is 213 Å². The summed E-state index contributed by atoms with van der Waals surface area (Å²) >= 11 is 0. The highest BCUT2D eigenvalue weighted by atomic mass is 16.5. The molecule has 0 saturated carbocycles. The van der Waals surface area contributed by atoms with E-state index in [1.54, 1.807) is 7.11 Å². The molecule has 1 aromatic heterocycles. The number of anilines is 3. The fourth-order valence-electron chi connectivity index (χ4n) is 4.65. The Morgan fingerprint density at radius 2 is 1.86 bits per heavy atom. The molecule has 0 radical (unpaired) electrons. The molecule has 3 N–H and O–H groups in total. The third-order valence-corrected chi connectivity index (χ3v) is 6.51. The van der Waals surface area contributed by atoms with Gasteiger partial charge in [-0.05, 0) is 37.1 Å². The Hall–Kier alpha value is -3.59. The fraction of sp³-hybridized carbons (Fsp3) is 0.444. The predicted molar refractivity (Wildman–Crippen MR) is 146 cm³/mol. The minimum atomic E-state index is -0.0476. The van der Waals surface area contributed by atoms with Crippen LogP contribution in [0, 0.1) is 0 Å². The first-order valence-corrected chi connectivity index (χ1v) is 12.5. The first-order valence-electron chi connectivity index (χ1n) is 12.5. The van der Waals surface area contributed by atoms with Gasteiger partial charge in [0.2, 0.25) is 11.9 Å². The van der Waals surface area contributed by atoms with Gasteiger partial charge in [-0.1, -0.05) is 18.2 Å². The highest BCUT2D eigenvalue weighted by Crippen LogP contribution is 2.31. The second-order valence-corrected chi connectivity index (χ2v) is 9.37. The number of methoxy groups -OCH3 is 1. The van der Waals surface area contributed by atoms with Gasteiger partial charge in [0.25, 0.3) is 0 Å². The van der Waals surface area contributed by atoms with Gasteiger partial charge in [0.15, 0.2) is 0 Å². The summed E-state index contributed by atoms with van der Waals surface area (Å²) in [5.41, 5.74) is 3.32. The number of hydrogen-bond acceptors (Lipinski definition) is 8. The molecule has 1 fully saturated rings. The van der Waals surface area contributed by atoms with Crippen molar-refractivity contribution in [2.24, 2.45) is 0 Å². The number of amides is 1. The molecule has 0 aliphatic carbocycles. The van der Waals surface area contributed by atoms with Crippen LogP contribution in [0.25, 0.3) is 10.9 Å². The lowest BCUT2D eigenvalue weighted by molar-refractivity contribution is -0.118. The van der Waals surface area contributed by atoms with Gasteiger partial charge in [0.05, 0.1) is 12.6 Å². The zero-order valence-corrected chi connectivity index (χ0v) is 21.7. The van der Waals surface area contributed by atoms with E-state index in [1.807, 2.05) is 30.3 Å². The zero-order chi connectivity index (χ0) is 25.5. The Bertz CT molecular complexity index is 1180. The van der Waals surface area contributed by atoms with E-state index in [-0.39, 0.29) is 5.91 Å². The maximum Gasteiger partial charge on any atom is 0.225 e. The molecule has 0 unspecified atom stereocenters. The van der Waals surface area contributed by atoms with Crippen LogP contribution >= 0.6 is 0 Å². The molecule has 2 heterocycles. The average molecular weight is 492 g/mol. The van der Waals surface area contributed by atoms with Crippen molar-refractivity contribution < 1.29 is 9.53 Å². The highest BCUT2D eigenvalue weighted by molar-refractivity contribution is 5.90. The minimum absolute atomic E-state index is 0.0476. The van der Waals surface area contributed by atoms with Gasteiger partial charge >= 0.3 is 0 Å². The van der Waals surface area contributed by atoms with Crippen molar-refractivity contribution in [2.45, 2.75) is 32.4 Å². The minimum Gasteiger partial charge on any atom is -0.496 e. The Morgan fingerprint density at radius 1 is 1.08 bits per heavy atom. The van der Waals surface area contributed by atoms with E-state index in [9.17, 15) is 4.79 Å². The molecule has 1 amide bonds. The Morgan fingerprint density at radius 3 is 2.58 bits per heavy atom. The van der Waals surface area contributed by atoms with Crippen LogP contribution < -0.4 is 25.6 Å². The predicted octanol–water partition coefficient (Wildman–Crippen LogP) is 3.33. The summed E-state index contributed by atoms with van der Waals surface area (Å²) in [6.07, 6.45) is 2.05. The number of hydrogen-bond donors (Lipinski definition) is 3. The third kappa shape index (κ3) is 6.34. The smallest absolute Gasteiger partial charge is 0.225 e. The molecular weight excluding hydrogens is 454 g/mol. The first-order chi connectivity index (χ1) is 17.4. The summed E-state index contributed by atoms with van der Waals surface area (Å²) < 4.78 is 5.67. The number of likely N-dealkylation sites (tertiary alicyclic amines) is 1. The van der Waals surface area contributed by atoms with Crippen LogP contribution in [0.15, 0.2) is 42.5 Å². The molecule has 1 aliphatic rings. The number of piperidine rings is 1. The van der Waals surface area contributed by atoms with E-state index in [1.165, 1.54) is 18.2 Å². The molecule has 192 valence electrons. The molecule has 0 atom stereocenters. The first kappa shape index (κ1) is 25.5. The number of carbonyl (C=O) groups excluding carboxylic acids is 1. The standard InChI is InChI=1S/C27H37N7O2/c1-19(35)28-14-15-29-27-31-23-9-6-5-8-21(23)26(32-27)30-20-12-16-34(17-13-20)18-22-24(33(2)3)10-7-11-25(22)36-4/h5-11,20H,12-18H2,1-4H3,(H,28,35)(H2,29,30,31,32). The van der Waals surface area contributed by atoms with E-state index < -0.39 is 0 Å². The van der Waals surface area contributed by atoms with Crippen molar-refractivity contribution in [1.82, 2.24) is 20.2 Å². The Kier molecular flexibility index (Phi) is 8.43. The molecule has 36 heavy (non-hydrogen) atoms. The van der Waals surface area contributed by atoms with Crippen molar-refractivity contribution in [3.05, 3.63) is 48.0 Å². The fourth-order valence-corrected chi connectivity index (χ4v) is 4.65. The molecule has 1 saturated heterocycles. The maximum absolute atomic E-state index is 11.1. The van der Waals surface area contributed by atoms with Crippen molar-refractivity contribution >= 4 is 34.3 Å². The normalized spacial score (nSPS) is 14.4. The highest BCUT2D eigenvalue weighted by Gasteiger charge is 2.23. The average Bonchev–Trinajstić information content (AvgIpc) is 2.87. The summed E-state index contributed by atoms with van der Waals surface area (Å²) in [5, 5.41) is 10.7. The molecule has 9 heteroatoms. The molecule has 0 spiro atoms. The lowest BCUT2D eigenvalue weighted by atomic mass is 10.0. The largest absolute Gasteiger partial charge is 0.496 e. The summed E-state index contributed by atoms with van der Waals surface area (Å²) in [6.45, 7) is 5.45. The zero-order valence-electron chi connectivity index (χ0n) is 21.7. The van der Waals surface area contributed by atoms with Crippen LogP contribution in [0.2, 0.25) is 0 Å². The van der Waals surface area contributed by atoms with E-state index in [4.69, 9.17) is 9.72 Å². The number of nitrogens with one attached hydrogen (secondary N) is 3. The van der Waals surface area contributed by atoms with E-state index >= 15 is 0 Å². The molecule has 4 rings (SSSR count). The summed E-state index contributed by atoms with van der Waals surface area (Å²) in [5.74, 6) is 2.30. The number of carbonyl (C=O) groups is 1. The van der Waals surface area contributed by atoms with Gasteiger partial charge in [-0.3, -0.25) is 9.69 Å². The van der Waals surface area contributed by atoms with Crippen molar-refractivity contribution in [2.75, 3.05) is 62.9 Å². The van der Waals surface area contributed by atoms with E-state index in [0.29, 0.717) is 25.1 Å². The van der Waals surface area contributed by atoms with Crippen molar-refractivity contribution in [3.63, 3.8) is 0 Å². The number of benzene rings is 2. The van der Waals surface area contributed by atoms with Crippen molar-refractivity contribution in [3.8, 4) is 5.75 Å². The molecule has 2 aromatic carbocycles. The molecular formula is C27H37N7O2. The maximum atomic E-state index is 11.1. The second kappa shape index (κ2) is 11.9. The number of ether oxygens (including phenoxy) is 1. The number of nitrogens with zero attached hydrogens (tertiary/aromatic N) is 4.